The lowest BCUT2D eigenvalue weighted by Gasteiger charge is -2.00. The molecular weight excluding hydrogens is 167 g/mol. The van der Waals surface area contributed by atoms with Crippen molar-refractivity contribution in [1.29, 1.82) is 0 Å². The van der Waals surface area contributed by atoms with Crippen molar-refractivity contribution in [3.8, 4) is 0 Å². The maximum atomic E-state index is 12.5. The molecule has 0 bridgehead atoms. The van der Waals surface area contributed by atoms with Crippen LogP contribution in [0.2, 0.25) is 0 Å². The van der Waals surface area contributed by atoms with Crippen LogP contribution in [-0.2, 0) is 14.4 Å². The lowest BCUT2D eigenvalue weighted by Crippen LogP contribution is -2.31. The maximum Gasteiger partial charge on any atom is 0.375 e. The Labute approximate surface area is 68.4 Å². The molecule has 0 aromatic heterocycles. The average molecular weight is 176 g/mol. The fourth-order valence-electron chi connectivity index (χ4n) is 0.628. The molecule has 1 atom stereocenters. The monoisotopic (exact) mass is 176 g/mol. The van der Waals surface area contributed by atoms with E-state index in [1.54, 1.807) is 6.92 Å². The van der Waals surface area contributed by atoms with Gasteiger partial charge in [-0.3, -0.25) is 9.59 Å². The number of aliphatic carboxylic acids is 1. The van der Waals surface area contributed by atoms with Gasteiger partial charge in [0.05, 0.1) is 0 Å². The summed E-state index contributed by atoms with van der Waals surface area (Å²) >= 11 is 0. The van der Waals surface area contributed by atoms with Gasteiger partial charge in [0.1, 0.15) is 0 Å². The molecule has 1 unspecified atom stereocenters. The van der Waals surface area contributed by atoms with Crippen molar-refractivity contribution in [2.75, 3.05) is 0 Å². The van der Waals surface area contributed by atoms with Crippen LogP contribution in [0.15, 0.2) is 0 Å². The van der Waals surface area contributed by atoms with Gasteiger partial charge in [0.25, 0.3) is 5.78 Å². The number of carbonyl (C=O) groups excluding carboxylic acids is 2. The van der Waals surface area contributed by atoms with Crippen LogP contribution < -0.4 is 0 Å². The Morgan fingerprint density at radius 3 is 2.25 bits per heavy atom. The van der Waals surface area contributed by atoms with Gasteiger partial charge in [-0.1, -0.05) is 6.92 Å². The molecule has 0 aliphatic heterocycles. The summed E-state index contributed by atoms with van der Waals surface area (Å²) in [5, 5.41) is 8.03. The van der Waals surface area contributed by atoms with Crippen LogP contribution in [0.5, 0.6) is 0 Å². The first-order chi connectivity index (χ1) is 5.50. The zero-order valence-corrected chi connectivity index (χ0v) is 6.54. The van der Waals surface area contributed by atoms with Gasteiger partial charge < -0.3 is 5.11 Å². The molecule has 12 heavy (non-hydrogen) atoms. The van der Waals surface area contributed by atoms with Crippen molar-refractivity contribution in [2.45, 2.75) is 25.9 Å². The molecule has 68 valence electrons. The summed E-state index contributed by atoms with van der Waals surface area (Å²) in [6.45, 7) is 1.63. The number of carbonyl (C=O) groups is 3. The Balaban J connectivity index is 4.19. The van der Waals surface area contributed by atoms with Gasteiger partial charge in [-0.25, -0.2) is 9.18 Å². The van der Waals surface area contributed by atoms with Crippen LogP contribution in [0.1, 0.15) is 19.8 Å². The number of Topliss-reactive ketones (excluding diaryl/α,β-unsaturated/α-hetero) is 2. The molecule has 0 aromatic rings. The van der Waals surface area contributed by atoms with Gasteiger partial charge in [-0.2, -0.15) is 0 Å². The summed E-state index contributed by atoms with van der Waals surface area (Å²) < 4.78 is 12.5. The Morgan fingerprint density at radius 2 is 1.92 bits per heavy atom. The maximum absolute atomic E-state index is 12.5. The first-order valence-electron chi connectivity index (χ1n) is 3.44. The Kier molecular flexibility index (Phi) is 4.10. The standard InChI is InChI=1S/C7H9FO4/c1-2-3-4(9)5(8)6(10)7(11)12/h5H,2-3H2,1H3,(H,11,12). The molecule has 0 aromatic carbocycles. The summed E-state index contributed by atoms with van der Waals surface area (Å²) in [6, 6.07) is 0. The van der Waals surface area contributed by atoms with Gasteiger partial charge in [0.2, 0.25) is 6.17 Å². The molecule has 1 N–H and O–H groups in total. The van der Waals surface area contributed by atoms with E-state index in [0.717, 1.165) is 0 Å². The number of alkyl halides is 1. The second-order valence-corrected chi connectivity index (χ2v) is 2.25. The Hall–Kier alpha value is -1.26. The van der Waals surface area contributed by atoms with Crippen molar-refractivity contribution in [3.05, 3.63) is 0 Å². The van der Waals surface area contributed by atoms with Crippen molar-refractivity contribution in [1.82, 2.24) is 0 Å². The number of ketones is 2. The van der Waals surface area contributed by atoms with Crippen LogP contribution >= 0.6 is 0 Å². The highest BCUT2D eigenvalue weighted by atomic mass is 19.1. The normalized spacial score (nSPS) is 12.2. The second-order valence-electron chi connectivity index (χ2n) is 2.25. The SMILES string of the molecule is CCCC(=O)C(F)C(=O)C(=O)O. The van der Waals surface area contributed by atoms with Gasteiger partial charge in [-0.05, 0) is 6.42 Å². The van der Waals surface area contributed by atoms with Crippen molar-refractivity contribution in [2.24, 2.45) is 0 Å². The molecule has 0 heterocycles. The van der Waals surface area contributed by atoms with Gasteiger partial charge in [0.15, 0.2) is 5.78 Å². The first-order valence-corrected chi connectivity index (χ1v) is 3.44. The summed E-state index contributed by atoms with van der Waals surface area (Å²) in [6.07, 6.45) is -2.21. The van der Waals surface area contributed by atoms with Gasteiger partial charge in [-0.15, -0.1) is 0 Å². The van der Waals surface area contributed by atoms with Crippen LogP contribution in [0.25, 0.3) is 0 Å². The highest BCUT2D eigenvalue weighted by molar-refractivity contribution is 6.39. The molecule has 0 radical (unpaired) electrons. The molecule has 0 aliphatic rings. The first kappa shape index (κ1) is 10.7. The third-order valence-electron chi connectivity index (χ3n) is 1.22. The summed E-state index contributed by atoms with van der Waals surface area (Å²) in [5.41, 5.74) is 0. The molecule has 4 nitrogen and oxygen atoms in total. The number of carboxylic acid groups (broad SMARTS) is 1. The van der Waals surface area contributed by atoms with Crippen molar-refractivity contribution in [3.63, 3.8) is 0 Å². The van der Waals surface area contributed by atoms with E-state index >= 15 is 0 Å². The second kappa shape index (κ2) is 4.58. The number of rotatable bonds is 5. The van der Waals surface area contributed by atoms with E-state index in [9.17, 15) is 18.8 Å². The van der Waals surface area contributed by atoms with Crippen molar-refractivity contribution < 1.29 is 23.9 Å². The molecule has 5 heteroatoms. The smallest absolute Gasteiger partial charge is 0.375 e. The number of halogens is 1. The predicted octanol–water partition coefficient (Wildman–Crippen LogP) is 0.347. The predicted molar refractivity (Wildman–Crippen MR) is 37.5 cm³/mol. The largest absolute Gasteiger partial charge is 0.475 e. The lowest BCUT2D eigenvalue weighted by atomic mass is 10.1. The fraction of sp³-hybridized carbons (Fsp3) is 0.571. The average Bonchev–Trinajstić information content (AvgIpc) is 2.02. The van der Waals surface area contributed by atoms with E-state index in [1.807, 2.05) is 0 Å². The van der Waals surface area contributed by atoms with E-state index in [1.165, 1.54) is 0 Å². The minimum atomic E-state index is -2.50. The molecular formula is C7H9FO4. The van der Waals surface area contributed by atoms with Crippen molar-refractivity contribution >= 4 is 17.5 Å². The van der Waals surface area contributed by atoms with Crippen LogP contribution in [-0.4, -0.2) is 28.8 Å². The number of carboxylic acids is 1. The lowest BCUT2D eigenvalue weighted by molar-refractivity contribution is -0.153. The topological polar surface area (TPSA) is 71.4 Å². The molecule has 0 amide bonds. The highest BCUT2D eigenvalue weighted by Gasteiger charge is 2.30. The van der Waals surface area contributed by atoms with Crippen LogP contribution in [0, 0.1) is 0 Å². The van der Waals surface area contributed by atoms with Gasteiger partial charge >= 0.3 is 5.97 Å². The third kappa shape index (κ3) is 2.77. The minimum Gasteiger partial charge on any atom is -0.475 e. The van der Waals surface area contributed by atoms with Gasteiger partial charge in [0, 0.05) is 6.42 Å². The molecule has 0 aliphatic carbocycles. The van der Waals surface area contributed by atoms with E-state index in [4.69, 9.17) is 5.11 Å². The Bertz CT molecular complexity index is 211. The quantitative estimate of drug-likeness (QED) is 0.484. The minimum absolute atomic E-state index is 0.111. The molecule has 0 saturated carbocycles. The van der Waals surface area contributed by atoms with Crippen LogP contribution in [0.4, 0.5) is 4.39 Å². The third-order valence-corrected chi connectivity index (χ3v) is 1.22. The number of hydrogen-bond donors (Lipinski definition) is 1. The summed E-state index contributed by atoms with van der Waals surface area (Å²) in [4.78, 5) is 30.9. The fourth-order valence-corrected chi connectivity index (χ4v) is 0.628. The summed E-state index contributed by atoms with van der Waals surface area (Å²) in [7, 11) is 0. The van der Waals surface area contributed by atoms with Crippen LogP contribution in [0.3, 0.4) is 0 Å². The van der Waals surface area contributed by atoms with E-state index in [-0.39, 0.29) is 6.42 Å². The van der Waals surface area contributed by atoms with E-state index in [0.29, 0.717) is 6.42 Å². The zero-order valence-electron chi connectivity index (χ0n) is 6.54. The summed E-state index contributed by atoms with van der Waals surface area (Å²) in [5.74, 6) is -4.56. The molecule has 0 fully saturated rings. The van der Waals surface area contributed by atoms with E-state index in [2.05, 4.69) is 0 Å². The molecule has 0 spiro atoms. The molecule has 0 saturated heterocycles. The van der Waals surface area contributed by atoms with E-state index < -0.39 is 23.7 Å². The Morgan fingerprint density at radius 1 is 1.42 bits per heavy atom. The number of hydrogen-bond acceptors (Lipinski definition) is 3. The highest BCUT2D eigenvalue weighted by Crippen LogP contribution is 2.01. The molecule has 0 rings (SSSR count). The zero-order chi connectivity index (χ0) is 9.72.